The number of methoxy groups -OCH3 is 2. The number of hydrogen-bond acceptors (Lipinski definition) is 17. The van der Waals surface area contributed by atoms with E-state index in [1.807, 2.05) is 33.8 Å². The first-order chi connectivity index (χ1) is 33.0. The molecule has 18 heteroatoms. The van der Waals surface area contributed by atoms with E-state index in [0.717, 1.165) is 11.1 Å². The number of likely N-dealkylation sites (N-methyl/N-ethyl adjacent to an activating group) is 1. The molecule has 1 amide bonds. The largest absolute Gasteiger partial charge is 0.462 e. The number of ether oxygens (including phenoxy) is 8. The topological polar surface area (TPSA) is 223 Å². The molecular formula is C51H79N3O15. The average Bonchev–Trinajstić information content (AvgIpc) is 3.35. The molecule has 0 spiro atoms. The van der Waals surface area contributed by atoms with Gasteiger partial charge in [-0.15, -0.1) is 0 Å². The van der Waals surface area contributed by atoms with Crippen molar-refractivity contribution in [2.75, 3.05) is 61.8 Å². The van der Waals surface area contributed by atoms with Crippen molar-refractivity contribution < 1.29 is 72.4 Å². The number of rotatable bonds is 13. The van der Waals surface area contributed by atoms with E-state index in [9.17, 15) is 29.7 Å². The normalized spacial score (nSPS) is 37.6. The SMILES string of the molecule is CC[C@H]1OC(=O)C[C@H]2OC/C(=N/OCc3ccc(C(=O)NC)cc3)COCCC(C[C@@H](C)C(=O)/C=C/C(C)=C/[C@@H]1CO[C@@H]1CC[C@@H](O)[C@@H](OC)[C@H]1OC)[C@H](O[C@@H]1O[C@H](C)[C@@H](O)[C@H](N(C)C)[C@H]1O)[C@H]2C. The molecule has 4 aliphatic rings. The van der Waals surface area contributed by atoms with Gasteiger partial charge < -0.3 is 68.3 Å². The molecule has 3 aliphatic heterocycles. The maximum absolute atomic E-state index is 14.5. The van der Waals surface area contributed by atoms with Gasteiger partial charge in [0.05, 0.1) is 68.9 Å². The number of ketones is 1. The van der Waals surface area contributed by atoms with Crippen LogP contribution in [0.15, 0.2) is 53.2 Å². The summed E-state index contributed by atoms with van der Waals surface area (Å²) < 4.78 is 50.2. The van der Waals surface area contributed by atoms with Gasteiger partial charge in [0.2, 0.25) is 0 Å². The number of oxime groups is 1. The van der Waals surface area contributed by atoms with E-state index in [1.54, 1.807) is 76.5 Å². The third-order valence-electron chi connectivity index (χ3n) is 14.0. The van der Waals surface area contributed by atoms with Gasteiger partial charge in [-0.05, 0) is 89.7 Å². The van der Waals surface area contributed by atoms with Gasteiger partial charge in [-0.3, -0.25) is 14.4 Å². The summed E-state index contributed by atoms with van der Waals surface area (Å²) in [7, 11) is 8.20. The number of carbonyl (C=O) groups excluding carboxylic acids is 3. The summed E-state index contributed by atoms with van der Waals surface area (Å²) in [6.45, 7) is 9.78. The lowest BCUT2D eigenvalue weighted by atomic mass is 9.79. The van der Waals surface area contributed by atoms with Gasteiger partial charge in [0.15, 0.2) is 12.1 Å². The van der Waals surface area contributed by atoms with Crippen molar-refractivity contribution in [3.05, 3.63) is 59.2 Å². The van der Waals surface area contributed by atoms with Gasteiger partial charge in [0.25, 0.3) is 5.91 Å². The van der Waals surface area contributed by atoms with Crippen molar-refractivity contribution in [1.82, 2.24) is 10.2 Å². The summed E-state index contributed by atoms with van der Waals surface area (Å²) in [4.78, 5) is 48.1. The molecule has 16 atom stereocenters. The number of aliphatic hydroxyl groups excluding tert-OH is 3. The van der Waals surface area contributed by atoms with Crippen LogP contribution in [0.2, 0.25) is 0 Å². The molecule has 4 N–H and O–H groups in total. The first-order valence-corrected chi connectivity index (χ1v) is 24.5. The van der Waals surface area contributed by atoms with Crippen molar-refractivity contribution in [1.29, 1.82) is 0 Å². The van der Waals surface area contributed by atoms with Gasteiger partial charge in [-0.1, -0.05) is 55.8 Å². The first kappa shape index (κ1) is 56.3. The minimum absolute atomic E-state index is 0.0422. The van der Waals surface area contributed by atoms with E-state index >= 15 is 0 Å². The van der Waals surface area contributed by atoms with Gasteiger partial charge in [-0.2, -0.15) is 0 Å². The highest BCUT2D eigenvalue weighted by molar-refractivity contribution is 5.94. The number of benzene rings is 1. The lowest BCUT2D eigenvalue weighted by Crippen LogP contribution is -2.63. The fraction of sp³-hybridized carbons (Fsp3) is 0.725. The van der Waals surface area contributed by atoms with Crippen LogP contribution in [0.3, 0.4) is 0 Å². The summed E-state index contributed by atoms with van der Waals surface area (Å²) in [5.74, 6) is -2.70. The zero-order chi connectivity index (χ0) is 50.4. The standard InChI is InChI=1S/C51H79N3O15/c1-11-40-36(26-64-41-19-18-39(56)48(61-9)49(41)62-10)22-29(2)12-17-38(55)30(3)23-35-20-21-63-27-37(53-66-25-33-13-15-34(16-14-33)50(60)52-6)28-65-42(24-43(57)68-40)31(4)47(35)69-51-46(59)44(54(7)8)45(58)32(5)67-51/h12-17,22,30-32,35-36,39-42,44-49,51,56,58-59H,11,18-21,23-28H2,1-10H3,(H,52,60)/b17-12+,29-22+,53-37+/t30-,31+,32-,35?,36-,39-,40-,41-,42-,44+,45-,46-,47-,48-,49+,51+/m1/s1. The Morgan fingerprint density at radius 3 is 2.33 bits per heavy atom. The number of carbonyl (C=O) groups is 3. The van der Waals surface area contributed by atoms with Crippen LogP contribution in [0.1, 0.15) is 89.1 Å². The molecule has 0 radical (unpaired) electrons. The summed E-state index contributed by atoms with van der Waals surface area (Å²) in [5, 5.41) is 40.5. The molecule has 1 unspecified atom stereocenters. The Morgan fingerprint density at radius 1 is 0.942 bits per heavy atom. The Hall–Kier alpha value is -3.66. The molecule has 3 fully saturated rings. The fourth-order valence-corrected chi connectivity index (χ4v) is 9.94. The van der Waals surface area contributed by atoms with Crippen LogP contribution in [-0.4, -0.2) is 179 Å². The van der Waals surface area contributed by atoms with Crippen molar-refractivity contribution in [3.63, 3.8) is 0 Å². The predicted octanol–water partition coefficient (Wildman–Crippen LogP) is 3.77. The smallest absolute Gasteiger partial charge is 0.308 e. The molecule has 1 aliphatic carbocycles. The van der Waals surface area contributed by atoms with Gasteiger partial charge in [0, 0.05) is 51.2 Å². The van der Waals surface area contributed by atoms with Crippen molar-refractivity contribution in [2.45, 2.75) is 153 Å². The van der Waals surface area contributed by atoms with E-state index < -0.39 is 97.1 Å². The van der Waals surface area contributed by atoms with Crippen LogP contribution in [0.4, 0.5) is 0 Å². The van der Waals surface area contributed by atoms with Gasteiger partial charge in [0.1, 0.15) is 36.7 Å². The lowest BCUT2D eigenvalue weighted by Gasteiger charge is -2.47. The second kappa shape index (κ2) is 27.2. The number of nitrogens with one attached hydrogen (secondary N) is 1. The van der Waals surface area contributed by atoms with Crippen LogP contribution >= 0.6 is 0 Å². The van der Waals surface area contributed by atoms with Gasteiger partial charge in [-0.25, -0.2) is 0 Å². The highest BCUT2D eigenvalue weighted by atomic mass is 16.7. The second-order valence-electron chi connectivity index (χ2n) is 19.3. The van der Waals surface area contributed by atoms with Crippen molar-refractivity contribution in [3.8, 4) is 0 Å². The van der Waals surface area contributed by atoms with Crippen LogP contribution < -0.4 is 5.32 Å². The quantitative estimate of drug-likeness (QED) is 0.163. The second-order valence-corrected chi connectivity index (χ2v) is 19.3. The Bertz CT molecular complexity index is 1880. The number of allylic oxidation sites excluding steroid dienone is 3. The van der Waals surface area contributed by atoms with Crippen LogP contribution in [0.25, 0.3) is 0 Å². The average molecular weight is 974 g/mol. The van der Waals surface area contributed by atoms with E-state index in [1.165, 1.54) is 7.11 Å². The number of aliphatic hydroxyl groups is 3. The molecule has 1 aromatic carbocycles. The molecule has 2 saturated heterocycles. The monoisotopic (exact) mass is 974 g/mol. The molecule has 388 valence electrons. The molecule has 5 rings (SSSR count). The summed E-state index contributed by atoms with van der Waals surface area (Å²) in [6.07, 6.45) is -1.31. The van der Waals surface area contributed by atoms with Crippen LogP contribution in [-0.2, 0) is 58.9 Å². The van der Waals surface area contributed by atoms with Crippen LogP contribution in [0.5, 0.6) is 0 Å². The van der Waals surface area contributed by atoms with Gasteiger partial charge >= 0.3 is 5.97 Å². The van der Waals surface area contributed by atoms with Crippen LogP contribution in [0, 0.1) is 23.7 Å². The molecule has 18 nitrogen and oxygen atoms in total. The van der Waals surface area contributed by atoms with Crippen molar-refractivity contribution in [2.24, 2.45) is 28.8 Å². The Labute approximate surface area is 407 Å². The maximum Gasteiger partial charge on any atom is 0.308 e. The summed E-state index contributed by atoms with van der Waals surface area (Å²) in [5.41, 5.74) is 2.49. The highest BCUT2D eigenvalue weighted by Gasteiger charge is 2.48. The minimum Gasteiger partial charge on any atom is -0.462 e. The zero-order valence-corrected chi connectivity index (χ0v) is 42.2. The predicted molar refractivity (Wildman–Crippen MR) is 255 cm³/mol. The molecule has 0 aromatic heterocycles. The molecule has 2 bridgehead atoms. The lowest BCUT2D eigenvalue weighted by molar-refractivity contribution is -0.305. The number of esters is 1. The fourth-order valence-electron chi connectivity index (χ4n) is 9.94. The Kier molecular flexibility index (Phi) is 22.2. The molecule has 1 saturated carbocycles. The van der Waals surface area contributed by atoms with E-state index in [-0.39, 0.29) is 57.1 Å². The highest BCUT2D eigenvalue weighted by Crippen LogP contribution is 2.36. The van der Waals surface area contributed by atoms with Crippen molar-refractivity contribution >= 4 is 23.4 Å². The number of hydrogen-bond donors (Lipinski definition) is 4. The number of cyclic esters (lactones) is 1. The number of fused-ring (bicyclic) bond motifs is 3. The third-order valence-corrected chi connectivity index (χ3v) is 14.0. The van der Waals surface area contributed by atoms with E-state index in [0.29, 0.717) is 43.4 Å². The molecular weight excluding hydrogens is 895 g/mol. The van der Waals surface area contributed by atoms with E-state index in [4.69, 9.17) is 42.7 Å². The number of amides is 1. The molecule has 3 heterocycles. The minimum atomic E-state index is -1.26. The first-order valence-electron chi connectivity index (χ1n) is 24.5. The summed E-state index contributed by atoms with van der Waals surface area (Å²) >= 11 is 0. The number of nitrogens with zero attached hydrogens (tertiary/aromatic N) is 2. The summed E-state index contributed by atoms with van der Waals surface area (Å²) in [6, 6.07) is 6.25. The maximum atomic E-state index is 14.5. The third kappa shape index (κ3) is 15.4. The Morgan fingerprint density at radius 2 is 1.67 bits per heavy atom. The Balaban J connectivity index is 1.50. The molecule has 69 heavy (non-hydrogen) atoms. The zero-order valence-electron chi connectivity index (χ0n) is 42.2. The van der Waals surface area contributed by atoms with E-state index in [2.05, 4.69) is 10.5 Å². The molecule has 1 aromatic rings.